The quantitative estimate of drug-likeness (QED) is 0.0222. The van der Waals surface area contributed by atoms with Crippen LogP contribution in [0.5, 0.6) is 0 Å². The number of aliphatic hydroxyl groups excluding tert-OH is 1. The molecule has 0 aromatic rings. The predicted octanol–water partition coefficient (Wildman–Crippen LogP) is 25.2. The van der Waals surface area contributed by atoms with Crippen LogP contribution in [0.3, 0.4) is 0 Å². The van der Waals surface area contributed by atoms with Gasteiger partial charge in [-0.3, -0.25) is 37.3 Å². The third kappa shape index (κ3) is 74.9. The van der Waals surface area contributed by atoms with Crippen LogP contribution in [0.2, 0.25) is 0 Å². The molecule has 0 aliphatic rings. The van der Waals surface area contributed by atoms with Crippen molar-refractivity contribution in [3.8, 4) is 0 Å². The third-order valence-corrected chi connectivity index (χ3v) is 21.8. The van der Waals surface area contributed by atoms with Crippen molar-refractivity contribution in [1.82, 2.24) is 0 Å². The minimum Gasteiger partial charge on any atom is -0.462 e. The molecule has 0 aliphatic carbocycles. The van der Waals surface area contributed by atoms with Gasteiger partial charge in [0, 0.05) is 25.7 Å². The first-order chi connectivity index (χ1) is 49.6. The fourth-order valence-corrected chi connectivity index (χ4v) is 14.5. The predicted molar refractivity (Wildman–Crippen MR) is 418 cm³/mol. The number of carbonyl (C=O) groups is 4. The average Bonchev–Trinajstić information content (AvgIpc) is 0.916. The normalized spacial score (nSPS) is 14.1. The second-order valence-electron chi connectivity index (χ2n) is 30.1. The van der Waals surface area contributed by atoms with Crippen molar-refractivity contribution < 1.29 is 80.2 Å². The number of rotatable bonds is 83. The number of aliphatic hydroxyl groups is 1. The Morgan fingerprint density at radius 3 is 0.696 bits per heavy atom. The Balaban J connectivity index is 5.22. The maximum atomic E-state index is 13.1. The van der Waals surface area contributed by atoms with Gasteiger partial charge in [-0.2, -0.15) is 0 Å². The van der Waals surface area contributed by atoms with Crippen molar-refractivity contribution in [1.29, 1.82) is 0 Å². The van der Waals surface area contributed by atoms with Gasteiger partial charge in [-0.15, -0.1) is 0 Å². The van der Waals surface area contributed by atoms with Crippen molar-refractivity contribution in [3.05, 3.63) is 0 Å². The number of esters is 4. The van der Waals surface area contributed by atoms with E-state index in [-0.39, 0.29) is 25.7 Å². The summed E-state index contributed by atoms with van der Waals surface area (Å²) in [5, 5.41) is 10.7. The highest BCUT2D eigenvalue weighted by Gasteiger charge is 2.30. The summed E-state index contributed by atoms with van der Waals surface area (Å²) >= 11 is 0. The summed E-state index contributed by atoms with van der Waals surface area (Å²) in [5.74, 6) is -1.37. The Morgan fingerprint density at radius 2 is 0.471 bits per heavy atom. The standard InChI is InChI=1S/C83H162O17P2/c1-6-10-13-16-19-22-25-28-31-33-34-35-36-37-40-43-46-49-52-59-64-68-82(87)99-78(72-93-80(85)66-61-56-50-47-44-41-39-32-29-26-23-20-17-14-11-7-2)74-97-101(89,90)95-70-77(84)71-96-102(91,92)98-75-79(73-94-81(86)67-62-57-54-53-55-60-65-76(5)9-4)100-83(88)69-63-58-51-48-45-42-38-30-27-24-21-18-15-12-8-3/h76-79,84H,6-75H2,1-5H3,(H,89,90)(H,91,92)/t76?,77-,78-,79-/m1/s1. The minimum absolute atomic E-state index is 0.108. The van der Waals surface area contributed by atoms with Crippen LogP contribution in [-0.2, 0) is 65.4 Å². The zero-order valence-corrected chi connectivity index (χ0v) is 68.5. The van der Waals surface area contributed by atoms with Crippen molar-refractivity contribution in [2.45, 2.75) is 464 Å². The molecule has 606 valence electrons. The van der Waals surface area contributed by atoms with Crippen LogP contribution in [-0.4, -0.2) is 96.7 Å². The summed E-state index contributed by atoms with van der Waals surface area (Å²) in [6.07, 6.45) is 68.1. The highest BCUT2D eigenvalue weighted by atomic mass is 31.2. The molecule has 0 heterocycles. The van der Waals surface area contributed by atoms with Gasteiger partial charge in [0.2, 0.25) is 0 Å². The highest BCUT2D eigenvalue weighted by molar-refractivity contribution is 7.47. The van der Waals surface area contributed by atoms with Crippen LogP contribution in [0.15, 0.2) is 0 Å². The van der Waals surface area contributed by atoms with Crippen molar-refractivity contribution in [3.63, 3.8) is 0 Å². The monoisotopic (exact) mass is 1490 g/mol. The molecule has 0 aromatic carbocycles. The Bertz CT molecular complexity index is 1950. The van der Waals surface area contributed by atoms with Gasteiger partial charge in [0.1, 0.15) is 19.3 Å². The first-order valence-electron chi connectivity index (χ1n) is 43.2. The average molecular weight is 1490 g/mol. The first kappa shape index (κ1) is 100. The maximum absolute atomic E-state index is 13.1. The molecule has 19 heteroatoms. The van der Waals surface area contributed by atoms with Gasteiger partial charge in [0.05, 0.1) is 26.4 Å². The number of phosphoric acid groups is 2. The lowest BCUT2D eigenvalue weighted by atomic mass is 10.00. The van der Waals surface area contributed by atoms with Gasteiger partial charge >= 0.3 is 39.5 Å². The van der Waals surface area contributed by atoms with E-state index < -0.39 is 97.5 Å². The minimum atomic E-state index is -4.96. The summed E-state index contributed by atoms with van der Waals surface area (Å²) in [7, 11) is -9.92. The lowest BCUT2D eigenvalue weighted by Gasteiger charge is -2.21. The summed E-state index contributed by atoms with van der Waals surface area (Å²) in [6.45, 7) is 7.31. The van der Waals surface area contributed by atoms with Crippen LogP contribution in [0.1, 0.15) is 446 Å². The van der Waals surface area contributed by atoms with Crippen molar-refractivity contribution >= 4 is 39.5 Å². The molecular weight excluding hydrogens is 1330 g/mol. The Labute approximate surface area is 626 Å². The summed E-state index contributed by atoms with van der Waals surface area (Å²) < 4.78 is 68.8. The number of carbonyl (C=O) groups excluding carboxylic acids is 4. The maximum Gasteiger partial charge on any atom is 0.472 e. The van der Waals surface area contributed by atoms with Crippen molar-refractivity contribution in [2.75, 3.05) is 39.6 Å². The number of hydrogen-bond donors (Lipinski definition) is 3. The van der Waals surface area contributed by atoms with Crippen LogP contribution in [0, 0.1) is 5.92 Å². The zero-order valence-electron chi connectivity index (χ0n) is 66.8. The molecule has 0 radical (unpaired) electrons. The van der Waals surface area contributed by atoms with Gasteiger partial charge < -0.3 is 33.8 Å². The summed E-state index contributed by atoms with van der Waals surface area (Å²) in [6, 6.07) is 0. The Kier molecular flexibility index (Phi) is 74.4. The molecule has 0 bridgehead atoms. The Morgan fingerprint density at radius 1 is 0.275 bits per heavy atom. The van der Waals surface area contributed by atoms with Gasteiger partial charge in [0.25, 0.3) is 0 Å². The molecule has 0 aliphatic heterocycles. The summed E-state index contributed by atoms with van der Waals surface area (Å²) in [4.78, 5) is 73.1. The van der Waals surface area contributed by atoms with E-state index in [4.69, 9.17) is 37.0 Å². The van der Waals surface area contributed by atoms with E-state index in [2.05, 4.69) is 34.6 Å². The molecule has 0 aromatic heterocycles. The molecule has 17 nitrogen and oxygen atoms in total. The molecule has 0 amide bonds. The number of hydrogen-bond acceptors (Lipinski definition) is 15. The Hall–Kier alpha value is -1.94. The van der Waals surface area contributed by atoms with E-state index in [0.29, 0.717) is 25.7 Å². The van der Waals surface area contributed by atoms with Gasteiger partial charge in [-0.05, 0) is 31.6 Å². The number of ether oxygens (including phenoxy) is 4. The molecule has 0 saturated carbocycles. The summed E-state index contributed by atoms with van der Waals surface area (Å²) in [5.41, 5.74) is 0. The van der Waals surface area contributed by atoms with Crippen LogP contribution >= 0.6 is 15.6 Å². The van der Waals surface area contributed by atoms with Gasteiger partial charge in [-0.1, -0.05) is 394 Å². The van der Waals surface area contributed by atoms with E-state index in [9.17, 15) is 43.2 Å². The highest BCUT2D eigenvalue weighted by Crippen LogP contribution is 2.45. The molecule has 3 N–H and O–H groups in total. The van der Waals surface area contributed by atoms with E-state index in [1.165, 1.54) is 263 Å². The lowest BCUT2D eigenvalue weighted by molar-refractivity contribution is -0.161. The molecule has 102 heavy (non-hydrogen) atoms. The molecule has 3 unspecified atom stereocenters. The zero-order chi connectivity index (χ0) is 74.8. The smallest absolute Gasteiger partial charge is 0.462 e. The third-order valence-electron chi connectivity index (χ3n) is 19.9. The molecule has 0 spiro atoms. The lowest BCUT2D eigenvalue weighted by Crippen LogP contribution is -2.30. The van der Waals surface area contributed by atoms with Crippen LogP contribution in [0.25, 0.3) is 0 Å². The number of phosphoric ester groups is 2. The van der Waals surface area contributed by atoms with Gasteiger partial charge in [-0.25, -0.2) is 9.13 Å². The molecule has 0 fully saturated rings. The molecular formula is C83H162O17P2. The fourth-order valence-electron chi connectivity index (χ4n) is 12.9. The van der Waals surface area contributed by atoms with Crippen LogP contribution in [0.4, 0.5) is 0 Å². The number of unbranched alkanes of at least 4 members (excludes halogenated alkanes) is 54. The molecule has 6 atom stereocenters. The van der Waals surface area contributed by atoms with Crippen LogP contribution < -0.4 is 0 Å². The second kappa shape index (κ2) is 75.9. The van der Waals surface area contributed by atoms with Crippen molar-refractivity contribution in [2.24, 2.45) is 5.92 Å². The van der Waals surface area contributed by atoms with E-state index in [1.54, 1.807) is 0 Å². The van der Waals surface area contributed by atoms with Gasteiger partial charge in [0.15, 0.2) is 12.2 Å². The van der Waals surface area contributed by atoms with E-state index >= 15 is 0 Å². The molecule has 0 rings (SSSR count). The van der Waals surface area contributed by atoms with E-state index in [1.807, 2.05) is 0 Å². The fraction of sp³-hybridized carbons (Fsp3) is 0.952. The SMILES string of the molecule is CCCCCCCCCCCCCCCCCCCCCCCC(=O)O[C@H](COC(=O)CCCCCCCCCCCCCCCCCC)COP(=O)(O)OC[C@@H](O)COP(=O)(O)OC[C@@H](COC(=O)CCCCCCCCC(C)CC)OC(=O)CCCCCCCCCCCCCCCCC. The molecule has 0 saturated heterocycles. The topological polar surface area (TPSA) is 237 Å². The van der Waals surface area contributed by atoms with E-state index in [0.717, 1.165) is 102 Å². The largest absolute Gasteiger partial charge is 0.472 e. The second-order valence-corrected chi connectivity index (χ2v) is 33.0. The first-order valence-corrected chi connectivity index (χ1v) is 46.2.